The first-order chi connectivity index (χ1) is 7.33. The summed E-state index contributed by atoms with van der Waals surface area (Å²) in [4.78, 5) is 6.42. The molecule has 15 heavy (non-hydrogen) atoms. The van der Waals surface area contributed by atoms with Crippen LogP contribution >= 0.6 is 0 Å². The number of hydrogen-bond acceptors (Lipinski definition) is 4. The minimum atomic E-state index is 0.292. The molecule has 0 aromatic carbocycles. The molecule has 4 nitrogen and oxygen atoms in total. The van der Waals surface area contributed by atoms with Crippen molar-refractivity contribution in [2.24, 2.45) is 5.73 Å². The molecule has 4 heteroatoms. The van der Waals surface area contributed by atoms with Gasteiger partial charge in [-0.1, -0.05) is 0 Å². The van der Waals surface area contributed by atoms with Gasteiger partial charge in [0.15, 0.2) is 0 Å². The van der Waals surface area contributed by atoms with E-state index in [9.17, 15) is 0 Å². The zero-order valence-electron chi connectivity index (χ0n) is 9.02. The van der Waals surface area contributed by atoms with Gasteiger partial charge in [0.25, 0.3) is 0 Å². The van der Waals surface area contributed by atoms with Gasteiger partial charge in [-0.05, 0) is 18.6 Å². The van der Waals surface area contributed by atoms with Gasteiger partial charge in [-0.25, -0.2) is 0 Å². The molecule has 1 atom stereocenters. The van der Waals surface area contributed by atoms with Crippen LogP contribution in [0.15, 0.2) is 18.5 Å². The SMILES string of the molecule is Cc1cnccc1N1CCOCC1CN. The maximum atomic E-state index is 5.74. The van der Waals surface area contributed by atoms with Gasteiger partial charge in [0.2, 0.25) is 0 Å². The van der Waals surface area contributed by atoms with Crippen LogP contribution in [0.25, 0.3) is 0 Å². The van der Waals surface area contributed by atoms with Crippen molar-refractivity contribution in [1.82, 2.24) is 4.98 Å². The van der Waals surface area contributed by atoms with E-state index in [-0.39, 0.29) is 0 Å². The van der Waals surface area contributed by atoms with Crippen LogP contribution < -0.4 is 10.6 Å². The van der Waals surface area contributed by atoms with Gasteiger partial charge in [-0.3, -0.25) is 4.98 Å². The smallest absolute Gasteiger partial charge is 0.0683 e. The Labute approximate surface area is 90.0 Å². The molecular formula is C11H17N3O. The van der Waals surface area contributed by atoms with Crippen molar-refractivity contribution in [3.8, 4) is 0 Å². The molecule has 1 aliphatic heterocycles. The summed E-state index contributed by atoms with van der Waals surface area (Å²) in [5.41, 5.74) is 8.16. The number of morpholine rings is 1. The summed E-state index contributed by atoms with van der Waals surface area (Å²) < 4.78 is 5.43. The zero-order chi connectivity index (χ0) is 10.7. The van der Waals surface area contributed by atoms with Crippen LogP contribution in [0, 0.1) is 6.92 Å². The molecule has 1 aliphatic rings. The van der Waals surface area contributed by atoms with Crippen LogP contribution in [0.4, 0.5) is 5.69 Å². The van der Waals surface area contributed by atoms with Crippen molar-refractivity contribution in [2.75, 3.05) is 31.2 Å². The van der Waals surface area contributed by atoms with E-state index in [0.29, 0.717) is 12.6 Å². The standard InChI is InChI=1S/C11H17N3O/c1-9-7-13-3-2-11(9)14-4-5-15-8-10(14)6-12/h2-3,7,10H,4-6,8,12H2,1H3. The van der Waals surface area contributed by atoms with Crippen LogP contribution in [-0.4, -0.2) is 37.3 Å². The van der Waals surface area contributed by atoms with Crippen LogP contribution in [0.2, 0.25) is 0 Å². The molecule has 2 N–H and O–H groups in total. The molecule has 0 bridgehead atoms. The Bertz CT molecular complexity index is 329. The molecule has 1 fully saturated rings. The summed E-state index contributed by atoms with van der Waals surface area (Å²) >= 11 is 0. The lowest BCUT2D eigenvalue weighted by atomic mass is 10.1. The molecule has 1 aromatic rings. The number of hydrogen-bond donors (Lipinski definition) is 1. The molecule has 0 saturated carbocycles. The predicted octanol–water partition coefficient (Wildman–Crippen LogP) is 0.554. The van der Waals surface area contributed by atoms with E-state index < -0.39 is 0 Å². The van der Waals surface area contributed by atoms with Gasteiger partial charge < -0.3 is 15.4 Å². The molecule has 2 rings (SSSR count). The summed E-state index contributed by atoms with van der Waals surface area (Å²) in [5.74, 6) is 0. The second kappa shape index (κ2) is 4.59. The molecule has 2 heterocycles. The Balaban J connectivity index is 2.24. The van der Waals surface area contributed by atoms with Gasteiger partial charge in [0, 0.05) is 31.2 Å². The normalized spacial score (nSPS) is 21.7. The van der Waals surface area contributed by atoms with Crippen LogP contribution in [0.3, 0.4) is 0 Å². The topological polar surface area (TPSA) is 51.4 Å². The number of nitrogens with two attached hydrogens (primary N) is 1. The Morgan fingerprint density at radius 2 is 2.53 bits per heavy atom. The number of ether oxygens (including phenoxy) is 1. The Hall–Kier alpha value is -1.13. The van der Waals surface area contributed by atoms with E-state index in [0.717, 1.165) is 19.8 Å². The van der Waals surface area contributed by atoms with Crippen LogP contribution in [-0.2, 0) is 4.74 Å². The first kappa shape index (κ1) is 10.4. The maximum absolute atomic E-state index is 5.74. The number of nitrogens with zero attached hydrogens (tertiary/aromatic N) is 2. The third kappa shape index (κ3) is 2.11. The summed E-state index contributed by atoms with van der Waals surface area (Å²) in [6.07, 6.45) is 3.71. The highest BCUT2D eigenvalue weighted by Gasteiger charge is 2.22. The minimum Gasteiger partial charge on any atom is -0.377 e. The molecule has 0 aliphatic carbocycles. The molecule has 0 radical (unpaired) electrons. The summed E-state index contributed by atoms with van der Waals surface area (Å²) in [6, 6.07) is 2.34. The lowest BCUT2D eigenvalue weighted by molar-refractivity contribution is 0.0962. The quantitative estimate of drug-likeness (QED) is 0.769. The highest BCUT2D eigenvalue weighted by atomic mass is 16.5. The van der Waals surface area contributed by atoms with Gasteiger partial charge in [-0.15, -0.1) is 0 Å². The van der Waals surface area contributed by atoms with Crippen LogP contribution in [0.5, 0.6) is 0 Å². The highest BCUT2D eigenvalue weighted by Crippen LogP contribution is 2.22. The lowest BCUT2D eigenvalue weighted by Gasteiger charge is -2.37. The van der Waals surface area contributed by atoms with Crippen molar-refractivity contribution in [1.29, 1.82) is 0 Å². The van der Waals surface area contributed by atoms with Crippen molar-refractivity contribution >= 4 is 5.69 Å². The van der Waals surface area contributed by atoms with Crippen molar-refractivity contribution in [3.63, 3.8) is 0 Å². The number of rotatable bonds is 2. The number of anilines is 1. The van der Waals surface area contributed by atoms with E-state index in [4.69, 9.17) is 10.5 Å². The number of aromatic nitrogens is 1. The van der Waals surface area contributed by atoms with Crippen molar-refractivity contribution in [2.45, 2.75) is 13.0 Å². The van der Waals surface area contributed by atoms with Gasteiger partial charge in [0.05, 0.1) is 19.3 Å². The third-order valence-electron chi connectivity index (χ3n) is 2.80. The maximum Gasteiger partial charge on any atom is 0.0683 e. The average molecular weight is 207 g/mol. The fourth-order valence-corrected chi connectivity index (χ4v) is 1.96. The fourth-order valence-electron chi connectivity index (χ4n) is 1.96. The second-order valence-electron chi connectivity index (χ2n) is 3.82. The average Bonchev–Trinajstić information content (AvgIpc) is 2.30. The van der Waals surface area contributed by atoms with Gasteiger partial charge in [-0.2, -0.15) is 0 Å². The van der Waals surface area contributed by atoms with Gasteiger partial charge >= 0.3 is 0 Å². The summed E-state index contributed by atoms with van der Waals surface area (Å²) in [7, 11) is 0. The number of pyridine rings is 1. The minimum absolute atomic E-state index is 0.292. The first-order valence-corrected chi connectivity index (χ1v) is 5.28. The van der Waals surface area contributed by atoms with E-state index in [1.807, 2.05) is 18.5 Å². The Kier molecular flexibility index (Phi) is 3.18. The van der Waals surface area contributed by atoms with E-state index in [1.165, 1.54) is 11.3 Å². The van der Waals surface area contributed by atoms with E-state index >= 15 is 0 Å². The highest BCUT2D eigenvalue weighted by molar-refractivity contribution is 5.52. The predicted molar refractivity (Wildman–Crippen MR) is 60.0 cm³/mol. The third-order valence-corrected chi connectivity index (χ3v) is 2.80. The largest absolute Gasteiger partial charge is 0.377 e. The second-order valence-corrected chi connectivity index (χ2v) is 3.82. The monoisotopic (exact) mass is 207 g/mol. The Morgan fingerprint density at radius 3 is 3.27 bits per heavy atom. The lowest BCUT2D eigenvalue weighted by Crippen LogP contribution is -2.49. The molecule has 0 amide bonds. The van der Waals surface area contributed by atoms with Crippen molar-refractivity contribution < 1.29 is 4.74 Å². The number of aryl methyl sites for hydroxylation is 1. The van der Waals surface area contributed by atoms with Crippen LogP contribution in [0.1, 0.15) is 5.56 Å². The van der Waals surface area contributed by atoms with Crippen molar-refractivity contribution in [3.05, 3.63) is 24.0 Å². The molecule has 1 unspecified atom stereocenters. The van der Waals surface area contributed by atoms with Gasteiger partial charge in [0.1, 0.15) is 0 Å². The summed E-state index contributed by atoms with van der Waals surface area (Å²) in [5, 5.41) is 0. The van der Waals surface area contributed by atoms with E-state index in [2.05, 4.69) is 16.8 Å². The molecule has 82 valence electrons. The zero-order valence-corrected chi connectivity index (χ0v) is 9.02. The summed E-state index contributed by atoms with van der Waals surface area (Å²) in [6.45, 7) is 5.11. The molecule has 1 aromatic heterocycles. The van der Waals surface area contributed by atoms with E-state index in [1.54, 1.807) is 0 Å². The first-order valence-electron chi connectivity index (χ1n) is 5.28. The molecule has 1 saturated heterocycles. The molecule has 0 spiro atoms. The fraction of sp³-hybridized carbons (Fsp3) is 0.545. The molecular weight excluding hydrogens is 190 g/mol. The Morgan fingerprint density at radius 1 is 1.67 bits per heavy atom.